The Labute approximate surface area is 284 Å². The molecule has 0 aliphatic carbocycles. The van der Waals surface area contributed by atoms with Gasteiger partial charge in [-0.25, -0.2) is 9.59 Å². The van der Waals surface area contributed by atoms with Gasteiger partial charge in [0, 0.05) is 37.5 Å². The summed E-state index contributed by atoms with van der Waals surface area (Å²) in [6.45, 7) is 14.3. The number of amides is 2. The third-order valence-corrected chi connectivity index (χ3v) is 9.13. The molecule has 0 saturated heterocycles. The van der Waals surface area contributed by atoms with Crippen molar-refractivity contribution in [1.82, 2.24) is 0 Å². The number of anilines is 2. The lowest BCUT2D eigenvalue weighted by Gasteiger charge is -2.27. The molecule has 252 valence electrons. The van der Waals surface area contributed by atoms with Crippen molar-refractivity contribution in [3.8, 4) is 0 Å². The summed E-state index contributed by atoms with van der Waals surface area (Å²) in [5.74, 6) is 0. The van der Waals surface area contributed by atoms with Crippen LogP contribution in [0.1, 0.15) is 113 Å². The van der Waals surface area contributed by atoms with E-state index in [1.54, 1.807) is 22.7 Å². The van der Waals surface area contributed by atoms with Gasteiger partial charge in [0.1, 0.15) is 11.2 Å². The Kier molecular flexibility index (Phi) is 14.9. The summed E-state index contributed by atoms with van der Waals surface area (Å²) in [6.07, 6.45) is 12.2. The Morgan fingerprint density at radius 3 is 1.76 bits per heavy atom. The molecule has 8 heteroatoms. The average molecular weight is 667 g/mol. The number of nitrogens with zero attached hydrogens (tertiary/aromatic N) is 1. The molecule has 4 rings (SSSR count). The van der Waals surface area contributed by atoms with Crippen LogP contribution in [0, 0.1) is 0 Å². The highest BCUT2D eigenvalue weighted by atomic mass is 32.1. The van der Waals surface area contributed by atoms with E-state index in [-0.39, 0.29) is 6.09 Å². The topological polar surface area (TPSA) is 67.9 Å². The molecular weight excluding hydrogens is 613 g/mol. The number of thiophene rings is 2. The van der Waals surface area contributed by atoms with E-state index in [0.717, 1.165) is 39.7 Å². The van der Waals surface area contributed by atoms with Gasteiger partial charge in [-0.2, -0.15) is 0 Å². The Morgan fingerprint density at radius 1 is 0.674 bits per heavy atom. The van der Waals surface area contributed by atoms with Crippen LogP contribution >= 0.6 is 22.7 Å². The molecule has 0 spiro atoms. The summed E-state index contributed by atoms with van der Waals surface area (Å²) in [5, 5.41) is 8.96. The molecule has 0 aliphatic rings. The molecule has 46 heavy (non-hydrogen) atoms. The summed E-state index contributed by atoms with van der Waals surface area (Å²) in [5.41, 5.74) is 0.824. The first-order chi connectivity index (χ1) is 21.9. The summed E-state index contributed by atoms with van der Waals surface area (Å²) >= 11 is 3.29. The second kappa shape index (κ2) is 18.3. The van der Waals surface area contributed by atoms with Gasteiger partial charge in [0.05, 0.1) is 11.4 Å². The summed E-state index contributed by atoms with van der Waals surface area (Å²) in [7, 11) is 0. The maximum Gasteiger partial charge on any atom is 0.414 e. The zero-order chi connectivity index (χ0) is 33.6. The maximum atomic E-state index is 12.9. The third-order valence-electron chi connectivity index (χ3n) is 7.22. The lowest BCUT2D eigenvalue weighted by Crippen LogP contribution is -2.37. The molecular formula is C38H54N2O4S2. The van der Waals surface area contributed by atoms with Crippen LogP contribution in [0.25, 0.3) is 20.2 Å². The van der Waals surface area contributed by atoms with Crippen LogP contribution < -0.4 is 10.2 Å². The predicted molar refractivity (Wildman–Crippen MR) is 199 cm³/mol. The van der Waals surface area contributed by atoms with Crippen LogP contribution in [0.15, 0.2) is 59.3 Å². The van der Waals surface area contributed by atoms with Crippen LogP contribution in [-0.2, 0) is 9.47 Å². The number of hydrogen-bond donors (Lipinski definition) is 1. The van der Waals surface area contributed by atoms with Crippen molar-refractivity contribution >= 4 is 66.4 Å². The molecule has 0 radical (unpaired) electrons. The van der Waals surface area contributed by atoms with E-state index in [2.05, 4.69) is 29.8 Å². The standard InChI is InChI=1S/C25H39NO2S.C13H15NO2S/c1-5-6-7-8-9-10-11-12-13-16-19-26(24(27)28-25(2,3)4)22-20-29-23-18-15-14-17-21(22)23;1-13(2,3)16-12(15)14-10-8-17-11-7-5-4-6-9(10)11/h14-15,17-18,20H,5-13,16,19H2,1-4H3;4-8H,1-3H3,(H,14,15). The zero-order valence-corrected chi connectivity index (χ0v) is 30.6. The van der Waals surface area contributed by atoms with Gasteiger partial charge in [-0.1, -0.05) is 101 Å². The fourth-order valence-electron chi connectivity index (χ4n) is 5.05. The summed E-state index contributed by atoms with van der Waals surface area (Å²) in [6, 6.07) is 16.2. The Bertz CT molecular complexity index is 1500. The van der Waals surface area contributed by atoms with Crippen LogP contribution in [-0.4, -0.2) is 29.9 Å². The van der Waals surface area contributed by atoms with Crippen LogP contribution in [0.5, 0.6) is 0 Å². The lowest BCUT2D eigenvalue weighted by atomic mass is 10.1. The van der Waals surface area contributed by atoms with Crippen LogP contribution in [0.2, 0.25) is 0 Å². The Hall–Kier alpha value is -3.10. The van der Waals surface area contributed by atoms with E-state index in [9.17, 15) is 9.59 Å². The number of hydrogen-bond acceptors (Lipinski definition) is 6. The number of rotatable bonds is 13. The molecule has 0 bridgehead atoms. The normalized spacial score (nSPS) is 11.6. The first kappa shape index (κ1) is 37.4. The number of unbranched alkanes of at least 4 members (excludes halogenated alkanes) is 9. The molecule has 2 amide bonds. The summed E-state index contributed by atoms with van der Waals surface area (Å²) in [4.78, 5) is 26.4. The van der Waals surface area contributed by atoms with Crippen LogP contribution in [0.4, 0.5) is 21.0 Å². The summed E-state index contributed by atoms with van der Waals surface area (Å²) < 4.78 is 13.3. The van der Waals surface area contributed by atoms with E-state index in [4.69, 9.17) is 9.47 Å². The SMILES string of the molecule is CC(C)(C)OC(=O)Nc1csc2ccccc12.CCCCCCCCCCCCN(C(=O)OC(C)(C)C)c1csc2ccccc12. The van der Waals surface area contributed by atoms with E-state index in [0.29, 0.717) is 6.54 Å². The molecule has 2 heterocycles. The molecule has 2 aromatic carbocycles. The van der Waals surface area contributed by atoms with Crippen molar-refractivity contribution < 1.29 is 19.1 Å². The fourth-order valence-corrected chi connectivity index (χ4v) is 6.89. The monoisotopic (exact) mass is 666 g/mol. The Balaban J connectivity index is 0.000000286. The number of carbonyl (C=O) groups excluding carboxylic acids is 2. The van der Waals surface area contributed by atoms with Crippen molar-refractivity contribution in [2.45, 2.75) is 124 Å². The van der Waals surface area contributed by atoms with Gasteiger partial charge in [0.2, 0.25) is 0 Å². The molecule has 1 N–H and O–H groups in total. The van der Waals surface area contributed by atoms with Crippen LogP contribution in [0.3, 0.4) is 0 Å². The third kappa shape index (κ3) is 13.0. The van der Waals surface area contributed by atoms with Gasteiger partial charge < -0.3 is 9.47 Å². The lowest BCUT2D eigenvalue weighted by molar-refractivity contribution is 0.0578. The zero-order valence-electron chi connectivity index (χ0n) is 28.9. The van der Waals surface area contributed by atoms with Gasteiger partial charge in [0.25, 0.3) is 0 Å². The minimum Gasteiger partial charge on any atom is -0.444 e. The van der Waals surface area contributed by atoms with Crippen molar-refractivity contribution in [3.05, 3.63) is 59.3 Å². The van der Waals surface area contributed by atoms with Gasteiger partial charge in [-0.05, 0) is 60.1 Å². The van der Waals surface area contributed by atoms with Gasteiger partial charge in [-0.3, -0.25) is 10.2 Å². The largest absolute Gasteiger partial charge is 0.444 e. The van der Waals surface area contributed by atoms with Gasteiger partial charge in [0.15, 0.2) is 0 Å². The average Bonchev–Trinajstić information content (AvgIpc) is 3.59. The molecule has 0 saturated carbocycles. The maximum absolute atomic E-state index is 12.9. The van der Waals surface area contributed by atoms with E-state index in [1.165, 1.54) is 56.1 Å². The molecule has 2 aromatic heterocycles. The number of benzene rings is 2. The highest BCUT2D eigenvalue weighted by Crippen LogP contribution is 2.34. The van der Waals surface area contributed by atoms with Crippen molar-refractivity contribution in [3.63, 3.8) is 0 Å². The number of ether oxygens (including phenoxy) is 2. The quantitative estimate of drug-likeness (QED) is 0.144. The second-order valence-corrected chi connectivity index (χ2v) is 15.5. The second-order valence-electron chi connectivity index (χ2n) is 13.7. The molecule has 0 fully saturated rings. The number of fused-ring (bicyclic) bond motifs is 2. The molecule has 4 aromatic rings. The molecule has 0 unspecified atom stereocenters. The molecule has 0 aliphatic heterocycles. The first-order valence-electron chi connectivity index (χ1n) is 16.8. The number of nitrogens with one attached hydrogen (secondary N) is 1. The van der Waals surface area contributed by atoms with E-state index < -0.39 is 17.3 Å². The first-order valence-corrected chi connectivity index (χ1v) is 18.6. The smallest absolute Gasteiger partial charge is 0.414 e. The van der Waals surface area contributed by atoms with Crippen molar-refractivity contribution in [2.75, 3.05) is 16.8 Å². The highest BCUT2D eigenvalue weighted by molar-refractivity contribution is 7.18. The minimum atomic E-state index is -0.487. The van der Waals surface area contributed by atoms with Gasteiger partial charge >= 0.3 is 12.2 Å². The molecule has 0 atom stereocenters. The van der Waals surface area contributed by atoms with E-state index in [1.807, 2.05) is 88.2 Å². The number of carbonyl (C=O) groups is 2. The predicted octanol–water partition coefficient (Wildman–Crippen LogP) is 12.8. The Morgan fingerprint density at radius 2 is 1.17 bits per heavy atom. The van der Waals surface area contributed by atoms with E-state index >= 15 is 0 Å². The van der Waals surface area contributed by atoms with Crippen molar-refractivity contribution in [2.24, 2.45) is 0 Å². The van der Waals surface area contributed by atoms with Gasteiger partial charge in [-0.15, -0.1) is 22.7 Å². The highest BCUT2D eigenvalue weighted by Gasteiger charge is 2.25. The molecule has 6 nitrogen and oxygen atoms in total. The fraction of sp³-hybridized carbons (Fsp3) is 0.526. The minimum absolute atomic E-state index is 0.239. The van der Waals surface area contributed by atoms with Crippen molar-refractivity contribution in [1.29, 1.82) is 0 Å².